The van der Waals surface area contributed by atoms with E-state index in [9.17, 15) is 9.59 Å². The van der Waals surface area contributed by atoms with Crippen LogP contribution in [0.3, 0.4) is 0 Å². The highest BCUT2D eigenvalue weighted by atomic mass is 16.4. The molecule has 19 heavy (non-hydrogen) atoms. The van der Waals surface area contributed by atoms with Crippen LogP contribution >= 0.6 is 0 Å². The SMILES string of the molecule is NC1(CC(=O)Nc2cccc(CC(=O)O)c2)CCC1. The maximum atomic E-state index is 11.8. The molecule has 4 N–H and O–H groups in total. The standard InChI is InChI=1S/C14H18N2O3/c15-14(5-2-6-14)9-12(17)16-11-4-1-3-10(7-11)8-13(18)19/h1,3-4,7H,2,5-6,8-9,15H2,(H,16,17)(H,18,19). The normalized spacial score (nSPS) is 16.5. The van der Waals surface area contributed by atoms with Gasteiger partial charge in [-0.05, 0) is 37.0 Å². The van der Waals surface area contributed by atoms with Crippen LogP contribution in [0.4, 0.5) is 5.69 Å². The maximum absolute atomic E-state index is 11.8. The first kappa shape index (κ1) is 13.5. The third kappa shape index (κ3) is 3.79. The lowest BCUT2D eigenvalue weighted by atomic mass is 9.75. The molecule has 0 radical (unpaired) electrons. The van der Waals surface area contributed by atoms with Gasteiger partial charge >= 0.3 is 5.97 Å². The lowest BCUT2D eigenvalue weighted by Crippen LogP contribution is -2.48. The molecule has 0 spiro atoms. The maximum Gasteiger partial charge on any atom is 0.307 e. The summed E-state index contributed by atoms with van der Waals surface area (Å²) in [5.41, 5.74) is 6.95. The van der Waals surface area contributed by atoms with Crippen LogP contribution in [-0.2, 0) is 16.0 Å². The minimum atomic E-state index is -0.890. The highest BCUT2D eigenvalue weighted by Crippen LogP contribution is 2.32. The molecule has 1 aliphatic carbocycles. The molecular formula is C14H18N2O3. The summed E-state index contributed by atoms with van der Waals surface area (Å²) in [5.74, 6) is -1.01. The number of benzene rings is 1. The van der Waals surface area contributed by atoms with E-state index in [1.165, 1.54) is 0 Å². The van der Waals surface area contributed by atoms with E-state index in [1.807, 2.05) is 0 Å². The van der Waals surface area contributed by atoms with Crippen LogP contribution in [0.25, 0.3) is 0 Å². The Morgan fingerprint density at radius 3 is 2.68 bits per heavy atom. The van der Waals surface area contributed by atoms with Crippen LogP contribution in [0.2, 0.25) is 0 Å². The first-order valence-corrected chi connectivity index (χ1v) is 6.36. The lowest BCUT2D eigenvalue weighted by molar-refractivity contribution is -0.136. The monoisotopic (exact) mass is 262 g/mol. The largest absolute Gasteiger partial charge is 0.481 e. The molecule has 0 bridgehead atoms. The summed E-state index contributed by atoms with van der Waals surface area (Å²) in [7, 11) is 0. The van der Waals surface area contributed by atoms with Crippen molar-refractivity contribution in [3.05, 3.63) is 29.8 Å². The zero-order valence-corrected chi connectivity index (χ0v) is 10.7. The number of hydrogen-bond donors (Lipinski definition) is 3. The van der Waals surface area contributed by atoms with Gasteiger partial charge < -0.3 is 16.2 Å². The molecule has 0 aromatic heterocycles. The second kappa shape index (κ2) is 5.40. The van der Waals surface area contributed by atoms with Gasteiger partial charge in [0.05, 0.1) is 6.42 Å². The van der Waals surface area contributed by atoms with Gasteiger partial charge in [0.1, 0.15) is 0 Å². The molecule has 2 rings (SSSR count). The zero-order chi connectivity index (χ0) is 13.9. The predicted octanol–water partition coefficient (Wildman–Crippen LogP) is 1.52. The smallest absolute Gasteiger partial charge is 0.307 e. The number of carbonyl (C=O) groups excluding carboxylic acids is 1. The zero-order valence-electron chi connectivity index (χ0n) is 10.7. The molecule has 1 aromatic rings. The predicted molar refractivity (Wildman–Crippen MR) is 71.8 cm³/mol. The number of amides is 1. The van der Waals surface area contributed by atoms with Crippen molar-refractivity contribution in [2.75, 3.05) is 5.32 Å². The van der Waals surface area contributed by atoms with E-state index in [4.69, 9.17) is 10.8 Å². The number of rotatable bonds is 5. The van der Waals surface area contributed by atoms with Crippen molar-refractivity contribution in [3.63, 3.8) is 0 Å². The topological polar surface area (TPSA) is 92.4 Å². The van der Waals surface area contributed by atoms with E-state index >= 15 is 0 Å². The molecule has 0 saturated heterocycles. The van der Waals surface area contributed by atoms with Crippen LogP contribution in [0.5, 0.6) is 0 Å². The van der Waals surface area contributed by atoms with Crippen molar-refractivity contribution >= 4 is 17.6 Å². The molecule has 5 nitrogen and oxygen atoms in total. The molecule has 0 heterocycles. The number of carbonyl (C=O) groups is 2. The van der Waals surface area contributed by atoms with Crippen LogP contribution < -0.4 is 11.1 Å². The fraction of sp³-hybridized carbons (Fsp3) is 0.429. The van der Waals surface area contributed by atoms with Crippen molar-refractivity contribution in [3.8, 4) is 0 Å². The number of anilines is 1. The minimum Gasteiger partial charge on any atom is -0.481 e. The number of nitrogens with two attached hydrogens (primary N) is 1. The van der Waals surface area contributed by atoms with E-state index in [1.54, 1.807) is 24.3 Å². The van der Waals surface area contributed by atoms with Gasteiger partial charge in [-0.3, -0.25) is 9.59 Å². The Morgan fingerprint density at radius 2 is 2.11 bits per heavy atom. The third-order valence-corrected chi connectivity index (χ3v) is 3.43. The highest BCUT2D eigenvalue weighted by molar-refractivity contribution is 5.91. The summed E-state index contributed by atoms with van der Waals surface area (Å²) in [6.45, 7) is 0. The van der Waals surface area contributed by atoms with Gasteiger partial charge in [-0.1, -0.05) is 12.1 Å². The molecule has 1 aliphatic rings. The Labute approximate surface area is 111 Å². The number of nitrogens with one attached hydrogen (secondary N) is 1. The van der Waals surface area contributed by atoms with E-state index in [0.29, 0.717) is 17.7 Å². The Hall–Kier alpha value is -1.88. The summed E-state index contributed by atoms with van der Waals surface area (Å²) in [6.07, 6.45) is 3.12. The third-order valence-electron chi connectivity index (χ3n) is 3.43. The van der Waals surface area contributed by atoms with Crippen molar-refractivity contribution in [1.82, 2.24) is 0 Å². The second-order valence-corrected chi connectivity index (χ2v) is 5.21. The highest BCUT2D eigenvalue weighted by Gasteiger charge is 2.34. The Balaban J connectivity index is 1.94. The Bertz CT molecular complexity index is 495. The summed E-state index contributed by atoms with van der Waals surface area (Å²) < 4.78 is 0. The van der Waals surface area contributed by atoms with E-state index in [-0.39, 0.29) is 17.9 Å². The average molecular weight is 262 g/mol. The van der Waals surface area contributed by atoms with Crippen molar-refractivity contribution in [2.45, 2.75) is 37.6 Å². The molecule has 5 heteroatoms. The quantitative estimate of drug-likeness (QED) is 0.750. The molecule has 0 unspecified atom stereocenters. The number of carboxylic acids is 1. The average Bonchev–Trinajstić information content (AvgIpc) is 2.26. The molecule has 1 fully saturated rings. The van der Waals surface area contributed by atoms with Gasteiger partial charge in [-0.25, -0.2) is 0 Å². The minimum absolute atomic E-state index is 0.0511. The molecule has 1 saturated carbocycles. The molecule has 0 aliphatic heterocycles. The lowest BCUT2D eigenvalue weighted by Gasteiger charge is -2.37. The van der Waals surface area contributed by atoms with E-state index < -0.39 is 5.97 Å². The van der Waals surface area contributed by atoms with Gasteiger partial charge in [-0.2, -0.15) is 0 Å². The molecule has 102 valence electrons. The first-order chi connectivity index (χ1) is 8.97. The fourth-order valence-corrected chi connectivity index (χ4v) is 2.27. The molecule has 1 aromatic carbocycles. The summed E-state index contributed by atoms with van der Waals surface area (Å²) in [6, 6.07) is 6.87. The Morgan fingerprint density at radius 1 is 1.37 bits per heavy atom. The van der Waals surface area contributed by atoms with Gasteiger partial charge in [-0.15, -0.1) is 0 Å². The molecular weight excluding hydrogens is 244 g/mol. The number of hydrogen-bond acceptors (Lipinski definition) is 3. The van der Waals surface area contributed by atoms with Crippen LogP contribution in [0.1, 0.15) is 31.2 Å². The van der Waals surface area contributed by atoms with Crippen LogP contribution in [-0.4, -0.2) is 22.5 Å². The fourth-order valence-electron chi connectivity index (χ4n) is 2.27. The molecule has 1 amide bonds. The van der Waals surface area contributed by atoms with E-state index in [2.05, 4.69) is 5.32 Å². The van der Waals surface area contributed by atoms with Crippen LogP contribution in [0, 0.1) is 0 Å². The first-order valence-electron chi connectivity index (χ1n) is 6.36. The number of aliphatic carboxylic acids is 1. The summed E-state index contributed by atoms with van der Waals surface area (Å²) >= 11 is 0. The number of carboxylic acid groups (broad SMARTS) is 1. The van der Waals surface area contributed by atoms with Crippen molar-refractivity contribution in [2.24, 2.45) is 5.73 Å². The van der Waals surface area contributed by atoms with Gasteiger partial charge in [0.25, 0.3) is 0 Å². The second-order valence-electron chi connectivity index (χ2n) is 5.21. The summed E-state index contributed by atoms with van der Waals surface area (Å²) in [4.78, 5) is 22.5. The summed E-state index contributed by atoms with van der Waals surface area (Å²) in [5, 5.41) is 11.5. The molecule has 0 atom stereocenters. The van der Waals surface area contributed by atoms with Gasteiger partial charge in [0, 0.05) is 17.6 Å². The van der Waals surface area contributed by atoms with Crippen molar-refractivity contribution in [1.29, 1.82) is 0 Å². The van der Waals surface area contributed by atoms with Crippen molar-refractivity contribution < 1.29 is 14.7 Å². The van der Waals surface area contributed by atoms with Crippen LogP contribution in [0.15, 0.2) is 24.3 Å². The Kier molecular flexibility index (Phi) is 3.85. The van der Waals surface area contributed by atoms with Gasteiger partial charge in [0.2, 0.25) is 5.91 Å². The van der Waals surface area contributed by atoms with E-state index in [0.717, 1.165) is 19.3 Å². The van der Waals surface area contributed by atoms with Gasteiger partial charge in [0.15, 0.2) is 0 Å².